The van der Waals surface area contributed by atoms with E-state index in [4.69, 9.17) is 23.2 Å². The molecule has 2 nitrogen and oxygen atoms in total. The van der Waals surface area contributed by atoms with Gasteiger partial charge in [0.1, 0.15) is 5.03 Å². The molecule has 1 heterocycles. The van der Waals surface area contributed by atoms with Crippen molar-refractivity contribution in [2.45, 2.75) is 22.9 Å². The first-order valence-corrected chi connectivity index (χ1v) is 7.43. The molecule has 0 aliphatic carbocycles. The fourth-order valence-electron chi connectivity index (χ4n) is 1.54. The van der Waals surface area contributed by atoms with E-state index in [9.17, 15) is 0 Å². The second-order valence-corrected chi connectivity index (χ2v) is 6.02. The number of hydrogen-bond acceptors (Lipinski definition) is 3. The minimum absolute atomic E-state index is 0.293. The van der Waals surface area contributed by atoms with Crippen LogP contribution in [0.4, 0.5) is 0 Å². The number of pyridine rings is 1. The molecule has 1 aromatic heterocycles. The molecule has 0 aliphatic heterocycles. The Labute approximate surface area is 127 Å². The molecule has 0 bridgehead atoms. The first kappa shape index (κ1) is 14.7. The maximum absolute atomic E-state index is 6.13. The number of aromatic nitrogens is 1. The third-order valence-corrected chi connectivity index (χ3v) is 4.49. The van der Waals surface area contributed by atoms with Crippen molar-refractivity contribution >= 4 is 35.0 Å². The third kappa shape index (κ3) is 3.86. The normalized spacial score (nSPS) is 12.4. The van der Waals surface area contributed by atoms with Gasteiger partial charge in [-0.05, 0) is 43.8 Å². The Bertz CT molecular complexity index is 558. The largest absolute Gasteiger partial charge is 0.313 e. The van der Waals surface area contributed by atoms with Gasteiger partial charge in [-0.15, -0.1) is 0 Å². The minimum atomic E-state index is 0.293. The molecule has 0 aliphatic rings. The van der Waals surface area contributed by atoms with Gasteiger partial charge in [0, 0.05) is 22.2 Å². The van der Waals surface area contributed by atoms with Crippen LogP contribution in [0.2, 0.25) is 10.0 Å². The molecule has 0 saturated heterocycles. The molecule has 100 valence electrons. The lowest BCUT2D eigenvalue weighted by Crippen LogP contribution is -2.12. The summed E-state index contributed by atoms with van der Waals surface area (Å²) in [5, 5.41) is 5.44. The average Bonchev–Trinajstić information content (AvgIpc) is 2.43. The van der Waals surface area contributed by atoms with E-state index < -0.39 is 0 Å². The Balaban J connectivity index is 2.17. The molecule has 5 heteroatoms. The van der Waals surface area contributed by atoms with Crippen molar-refractivity contribution < 1.29 is 0 Å². The zero-order chi connectivity index (χ0) is 13.8. The molecular formula is C14H14Cl2N2S. The molecule has 0 fully saturated rings. The molecule has 1 N–H and O–H groups in total. The first-order chi connectivity index (χ1) is 9.10. The minimum Gasteiger partial charge on any atom is -0.313 e. The predicted molar refractivity (Wildman–Crippen MR) is 82.3 cm³/mol. The van der Waals surface area contributed by atoms with Crippen molar-refractivity contribution in [3.8, 4) is 0 Å². The van der Waals surface area contributed by atoms with Crippen molar-refractivity contribution in [3.05, 3.63) is 52.1 Å². The van der Waals surface area contributed by atoms with Crippen LogP contribution in [-0.2, 0) is 0 Å². The first-order valence-electron chi connectivity index (χ1n) is 5.86. The molecule has 0 radical (unpaired) electrons. The fourth-order valence-corrected chi connectivity index (χ4v) is 2.83. The number of hydrogen-bond donors (Lipinski definition) is 1. The monoisotopic (exact) mass is 312 g/mol. The Morgan fingerprint density at radius 3 is 2.63 bits per heavy atom. The van der Waals surface area contributed by atoms with Crippen LogP contribution in [0.5, 0.6) is 0 Å². The van der Waals surface area contributed by atoms with Crippen LogP contribution in [0.15, 0.2) is 46.5 Å². The van der Waals surface area contributed by atoms with E-state index in [0.29, 0.717) is 16.1 Å². The van der Waals surface area contributed by atoms with Gasteiger partial charge >= 0.3 is 0 Å². The summed E-state index contributed by atoms with van der Waals surface area (Å²) in [7, 11) is 1.93. The van der Waals surface area contributed by atoms with E-state index in [1.807, 2.05) is 25.4 Å². The van der Waals surface area contributed by atoms with Crippen LogP contribution in [0.3, 0.4) is 0 Å². The van der Waals surface area contributed by atoms with Gasteiger partial charge in [-0.25, -0.2) is 4.98 Å². The lowest BCUT2D eigenvalue weighted by atomic mass is 10.1. The lowest BCUT2D eigenvalue weighted by Gasteiger charge is -2.10. The summed E-state index contributed by atoms with van der Waals surface area (Å²) in [4.78, 5) is 5.35. The zero-order valence-electron chi connectivity index (χ0n) is 10.7. The van der Waals surface area contributed by atoms with Crippen LogP contribution in [0, 0.1) is 0 Å². The zero-order valence-corrected chi connectivity index (χ0v) is 13.0. The van der Waals surface area contributed by atoms with Gasteiger partial charge in [0.05, 0.1) is 5.02 Å². The van der Waals surface area contributed by atoms with E-state index in [-0.39, 0.29) is 0 Å². The van der Waals surface area contributed by atoms with Gasteiger partial charge in [-0.3, -0.25) is 0 Å². The highest BCUT2D eigenvalue weighted by Crippen LogP contribution is 2.34. The standard InChI is InChI=1S/C14H14Cl2N2S/c1-9(17-2)10-3-6-14(18-8-10)19-13-7-11(15)4-5-12(13)16/h3-9,17H,1-2H3. The summed E-state index contributed by atoms with van der Waals surface area (Å²) >= 11 is 13.6. The van der Waals surface area contributed by atoms with Crippen LogP contribution < -0.4 is 5.32 Å². The van der Waals surface area contributed by atoms with E-state index in [0.717, 1.165) is 15.5 Å². The second-order valence-electron chi connectivity index (χ2n) is 4.12. The summed E-state index contributed by atoms with van der Waals surface area (Å²) in [5.74, 6) is 0. The van der Waals surface area contributed by atoms with Gasteiger partial charge in [-0.1, -0.05) is 41.0 Å². The molecule has 0 spiro atoms. The number of benzene rings is 1. The molecule has 2 aromatic rings. The smallest absolute Gasteiger partial charge is 0.101 e. The van der Waals surface area contributed by atoms with Crippen molar-refractivity contribution in [1.29, 1.82) is 0 Å². The Hall–Kier alpha value is -0.740. The maximum atomic E-state index is 6.13. The van der Waals surface area contributed by atoms with Gasteiger partial charge < -0.3 is 5.32 Å². The highest BCUT2D eigenvalue weighted by Gasteiger charge is 2.07. The molecular weight excluding hydrogens is 299 g/mol. The summed E-state index contributed by atoms with van der Waals surface area (Å²) < 4.78 is 0. The summed E-state index contributed by atoms with van der Waals surface area (Å²) in [6.45, 7) is 2.09. The SMILES string of the molecule is CNC(C)c1ccc(Sc2cc(Cl)ccc2Cl)nc1. The van der Waals surface area contributed by atoms with Crippen LogP contribution in [-0.4, -0.2) is 12.0 Å². The Kier molecular flexibility index (Phi) is 5.11. The van der Waals surface area contributed by atoms with E-state index in [2.05, 4.69) is 23.3 Å². The lowest BCUT2D eigenvalue weighted by molar-refractivity contribution is 0.648. The second kappa shape index (κ2) is 6.62. The highest BCUT2D eigenvalue weighted by molar-refractivity contribution is 7.99. The summed E-state index contributed by atoms with van der Waals surface area (Å²) in [6.07, 6.45) is 1.88. The molecule has 1 aromatic carbocycles. The number of nitrogens with zero attached hydrogens (tertiary/aromatic N) is 1. The molecule has 1 atom stereocenters. The average molecular weight is 313 g/mol. The van der Waals surface area contributed by atoms with Gasteiger partial charge in [0.2, 0.25) is 0 Å². The predicted octanol–water partition coefficient (Wildman–Crippen LogP) is 4.82. The molecule has 2 rings (SSSR count). The van der Waals surface area contributed by atoms with Gasteiger partial charge in [0.25, 0.3) is 0 Å². The number of halogens is 2. The highest BCUT2D eigenvalue weighted by atomic mass is 35.5. The van der Waals surface area contributed by atoms with E-state index in [1.54, 1.807) is 12.1 Å². The Morgan fingerprint density at radius 1 is 1.21 bits per heavy atom. The third-order valence-electron chi connectivity index (χ3n) is 2.80. The summed E-state index contributed by atoms with van der Waals surface area (Å²) in [5.41, 5.74) is 1.16. The van der Waals surface area contributed by atoms with Crippen molar-refractivity contribution in [2.75, 3.05) is 7.05 Å². The van der Waals surface area contributed by atoms with E-state index in [1.165, 1.54) is 11.8 Å². The quantitative estimate of drug-likeness (QED) is 0.876. The number of rotatable bonds is 4. The van der Waals surface area contributed by atoms with Crippen molar-refractivity contribution in [1.82, 2.24) is 10.3 Å². The number of nitrogens with one attached hydrogen (secondary N) is 1. The van der Waals surface area contributed by atoms with Crippen LogP contribution >= 0.6 is 35.0 Å². The topological polar surface area (TPSA) is 24.9 Å². The molecule has 19 heavy (non-hydrogen) atoms. The Morgan fingerprint density at radius 2 is 2.00 bits per heavy atom. The van der Waals surface area contributed by atoms with Crippen LogP contribution in [0.1, 0.15) is 18.5 Å². The van der Waals surface area contributed by atoms with Crippen molar-refractivity contribution in [2.24, 2.45) is 0 Å². The maximum Gasteiger partial charge on any atom is 0.101 e. The van der Waals surface area contributed by atoms with Gasteiger partial charge in [-0.2, -0.15) is 0 Å². The molecule has 0 amide bonds. The molecule has 0 saturated carbocycles. The summed E-state index contributed by atoms with van der Waals surface area (Å²) in [6, 6.07) is 9.77. The van der Waals surface area contributed by atoms with Crippen LogP contribution in [0.25, 0.3) is 0 Å². The molecule has 1 unspecified atom stereocenters. The fraction of sp³-hybridized carbons (Fsp3) is 0.214. The van der Waals surface area contributed by atoms with E-state index >= 15 is 0 Å². The van der Waals surface area contributed by atoms with Gasteiger partial charge in [0.15, 0.2) is 0 Å². The van der Waals surface area contributed by atoms with Crippen molar-refractivity contribution in [3.63, 3.8) is 0 Å².